The van der Waals surface area contributed by atoms with Crippen LogP contribution in [0, 0.1) is 0 Å². The third-order valence-electron chi connectivity index (χ3n) is 0.706. The van der Waals surface area contributed by atoms with Crippen LogP contribution in [0.2, 0.25) is 0 Å². The van der Waals surface area contributed by atoms with Gasteiger partial charge in [-0.2, -0.15) is 5.48 Å². The van der Waals surface area contributed by atoms with Crippen LogP contribution >= 0.6 is 0 Å². The van der Waals surface area contributed by atoms with Gasteiger partial charge in [0, 0.05) is 0 Å². The molecule has 1 aliphatic heterocycles. The SMILES string of the molecule is CC1=CCNO1. The normalized spacial score (nSPS) is 19.8. The fraction of sp³-hybridized carbons (Fsp3) is 0.500. The van der Waals surface area contributed by atoms with Gasteiger partial charge in [0.1, 0.15) is 5.76 Å². The maximum absolute atomic E-state index is 4.76. The molecule has 0 aromatic carbocycles. The van der Waals surface area contributed by atoms with Gasteiger partial charge in [0.05, 0.1) is 6.54 Å². The molecule has 0 saturated carbocycles. The summed E-state index contributed by atoms with van der Waals surface area (Å²) in [6.45, 7) is 2.77. The van der Waals surface area contributed by atoms with E-state index in [0.717, 1.165) is 12.3 Å². The monoisotopic (exact) mass is 85.1 g/mol. The van der Waals surface area contributed by atoms with Crippen LogP contribution in [0.3, 0.4) is 0 Å². The van der Waals surface area contributed by atoms with Crippen molar-refractivity contribution in [3.05, 3.63) is 11.8 Å². The van der Waals surface area contributed by atoms with Crippen LogP contribution in [0.4, 0.5) is 0 Å². The molecule has 0 aliphatic carbocycles. The average molecular weight is 85.1 g/mol. The number of hydrogen-bond donors (Lipinski definition) is 1. The van der Waals surface area contributed by atoms with Gasteiger partial charge in [-0.3, -0.25) is 0 Å². The summed E-state index contributed by atoms with van der Waals surface area (Å²) in [5.41, 5.74) is 2.68. The van der Waals surface area contributed by atoms with Gasteiger partial charge in [-0.1, -0.05) is 0 Å². The van der Waals surface area contributed by atoms with E-state index in [2.05, 4.69) is 5.48 Å². The number of nitrogens with one attached hydrogen (secondary N) is 1. The first kappa shape index (κ1) is 3.68. The minimum Gasteiger partial charge on any atom is -0.413 e. The molecule has 0 aromatic heterocycles. The molecule has 1 N–H and O–H groups in total. The molecule has 2 nitrogen and oxygen atoms in total. The topological polar surface area (TPSA) is 21.3 Å². The lowest BCUT2D eigenvalue weighted by molar-refractivity contribution is 0.141. The van der Waals surface area contributed by atoms with E-state index in [-0.39, 0.29) is 0 Å². The van der Waals surface area contributed by atoms with E-state index in [1.54, 1.807) is 0 Å². The molecule has 0 amide bonds. The highest BCUT2D eigenvalue weighted by Gasteiger charge is 1.93. The van der Waals surface area contributed by atoms with E-state index < -0.39 is 0 Å². The van der Waals surface area contributed by atoms with Crippen molar-refractivity contribution in [3.63, 3.8) is 0 Å². The molecule has 0 atom stereocenters. The van der Waals surface area contributed by atoms with Crippen LogP contribution in [-0.2, 0) is 4.84 Å². The second-order valence-corrected chi connectivity index (χ2v) is 1.27. The first-order valence-electron chi connectivity index (χ1n) is 1.96. The number of allylic oxidation sites excluding steroid dienone is 1. The van der Waals surface area contributed by atoms with E-state index in [9.17, 15) is 0 Å². The molecule has 1 heterocycles. The Bertz CT molecular complexity index is 77.6. The molecule has 0 aromatic rings. The smallest absolute Gasteiger partial charge is 0.118 e. The van der Waals surface area contributed by atoms with Gasteiger partial charge in [0.2, 0.25) is 0 Å². The van der Waals surface area contributed by atoms with Crippen molar-refractivity contribution in [1.82, 2.24) is 5.48 Å². The molecule has 0 saturated heterocycles. The predicted molar refractivity (Wildman–Crippen MR) is 22.8 cm³/mol. The number of rotatable bonds is 0. The highest BCUT2D eigenvalue weighted by atomic mass is 16.7. The van der Waals surface area contributed by atoms with Crippen molar-refractivity contribution in [1.29, 1.82) is 0 Å². The van der Waals surface area contributed by atoms with Crippen LogP contribution in [0.5, 0.6) is 0 Å². The largest absolute Gasteiger partial charge is 0.413 e. The predicted octanol–water partition coefficient (Wildman–Crippen LogP) is 0.425. The van der Waals surface area contributed by atoms with Crippen molar-refractivity contribution in [2.45, 2.75) is 6.92 Å². The summed E-state index contributed by atoms with van der Waals surface area (Å²) in [6.07, 6.45) is 1.99. The minimum atomic E-state index is 0.853. The van der Waals surface area contributed by atoms with Gasteiger partial charge in [-0.05, 0) is 13.0 Å². The Kier molecular flexibility index (Phi) is 0.801. The highest BCUT2D eigenvalue weighted by Crippen LogP contribution is 1.95. The molecular formula is C4H7NO. The van der Waals surface area contributed by atoms with Crippen LogP contribution in [-0.4, -0.2) is 6.54 Å². The van der Waals surface area contributed by atoms with Gasteiger partial charge < -0.3 is 4.84 Å². The summed E-state index contributed by atoms with van der Waals surface area (Å²) in [4.78, 5) is 4.76. The fourth-order valence-corrected chi connectivity index (χ4v) is 0.383. The molecule has 0 bridgehead atoms. The van der Waals surface area contributed by atoms with Gasteiger partial charge >= 0.3 is 0 Å². The van der Waals surface area contributed by atoms with Crippen molar-refractivity contribution < 1.29 is 4.84 Å². The van der Waals surface area contributed by atoms with Crippen LogP contribution < -0.4 is 5.48 Å². The summed E-state index contributed by atoms with van der Waals surface area (Å²) < 4.78 is 0. The van der Waals surface area contributed by atoms with Crippen molar-refractivity contribution in [2.75, 3.05) is 6.54 Å². The van der Waals surface area contributed by atoms with Crippen LogP contribution in [0.25, 0.3) is 0 Å². The first-order valence-corrected chi connectivity index (χ1v) is 1.96. The molecule has 6 heavy (non-hydrogen) atoms. The molecule has 0 spiro atoms. The van der Waals surface area contributed by atoms with Gasteiger partial charge in [-0.25, -0.2) is 0 Å². The van der Waals surface area contributed by atoms with Crippen molar-refractivity contribution >= 4 is 0 Å². The zero-order valence-electron chi connectivity index (χ0n) is 3.69. The molecule has 0 radical (unpaired) electrons. The Morgan fingerprint density at radius 3 is 3.00 bits per heavy atom. The first-order chi connectivity index (χ1) is 2.89. The summed E-state index contributed by atoms with van der Waals surface area (Å²) in [7, 11) is 0. The molecule has 1 rings (SSSR count). The third kappa shape index (κ3) is 0.518. The second-order valence-electron chi connectivity index (χ2n) is 1.27. The molecular weight excluding hydrogens is 78.0 g/mol. The zero-order chi connectivity index (χ0) is 4.41. The van der Waals surface area contributed by atoms with E-state index in [4.69, 9.17) is 4.84 Å². The molecule has 0 fully saturated rings. The molecule has 2 heteroatoms. The Labute approximate surface area is 36.8 Å². The van der Waals surface area contributed by atoms with Crippen LogP contribution in [0.15, 0.2) is 11.8 Å². The van der Waals surface area contributed by atoms with Crippen LogP contribution in [0.1, 0.15) is 6.92 Å². The highest BCUT2D eigenvalue weighted by molar-refractivity contribution is 4.92. The van der Waals surface area contributed by atoms with Crippen molar-refractivity contribution in [2.24, 2.45) is 0 Å². The standard InChI is InChI=1S/C4H7NO/c1-4-2-3-5-6-4/h2,5H,3H2,1H3. The molecule has 0 unspecified atom stereocenters. The average Bonchev–Trinajstić information content (AvgIpc) is 1.86. The summed E-state index contributed by atoms with van der Waals surface area (Å²) in [5.74, 6) is 0.968. The lowest BCUT2D eigenvalue weighted by atomic mass is 10.5. The van der Waals surface area contributed by atoms with Gasteiger partial charge in [-0.15, -0.1) is 0 Å². The second kappa shape index (κ2) is 1.30. The lowest BCUT2D eigenvalue weighted by Crippen LogP contribution is -2.03. The Hall–Kier alpha value is -0.500. The lowest BCUT2D eigenvalue weighted by Gasteiger charge is -1.90. The van der Waals surface area contributed by atoms with Gasteiger partial charge in [0.15, 0.2) is 0 Å². The molecule has 34 valence electrons. The van der Waals surface area contributed by atoms with E-state index >= 15 is 0 Å². The maximum atomic E-state index is 4.76. The van der Waals surface area contributed by atoms with E-state index in [1.807, 2.05) is 13.0 Å². The third-order valence-corrected chi connectivity index (χ3v) is 0.706. The number of hydrogen-bond acceptors (Lipinski definition) is 2. The Balaban J connectivity index is 2.45. The number of hydroxylamine groups is 1. The summed E-state index contributed by atoms with van der Waals surface area (Å²) >= 11 is 0. The zero-order valence-corrected chi connectivity index (χ0v) is 3.69. The van der Waals surface area contributed by atoms with Crippen molar-refractivity contribution in [3.8, 4) is 0 Å². The quantitative estimate of drug-likeness (QED) is 0.460. The van der Waals surface area contributed by atoms with E-state index in [1.165, 1.54) is 0 Å². The van der Waals surface area contributed by atoms with E-state index in [0.29, 0.717) is 0 Å². The van der Waals surface area contributed by atoms with Gasteiger partial charge in [0.25, 0.3) is 0 Å². The summed E-state index contributed by atoms with van der Waals surface area (Å²) in [6, 6.07) is 0. The summed E-state index contributed by atoms with van der Waals surface area (Å²) in [5, 5.41) is 0. The molecule has 1 aliphatic rings. The minimum absolute atomic E-state index is 0.853. The maximum Gasteiger partial charge on any atom is 0.118 e. The Morgan fingerprint density at radius 1 is 2.00 bits per heavy atom. The fourth-order valence-electron chi connectivity index (χ4n) is 0.383. The Morgan fingerprint density at radius 2 is 2.83 bits per heavy atom.